The number of anilines is 1. The van der Waals surface area contributed by atoms with Gasteiger partial charge in [-0.15, -0.1) is 5.11 Å². The maximum Gasteiger partial charge on any atom is 0.296 e. The van der Waals surface area contributed by atoms with Crippen molar-refractivity contribution in [1.82, 2.24) is 0 Å². The van der Waals surface area contributed by atoms with Crippen LogP contribution in [0.3, 0.4) is 0 Å². The van der Waals surface area contributed by atoms with E-state index in [1.165, 1.54) is 18.2 Å². The van der Waals surface area contributed by atoms with Crippen molar-refractivity contribution in [2.24, 2.45) is 10.2 Å². The Morgan fingerprint density at radius 1 is 0.952 bits per heavy atom. The van der Waals surface area contributed by atoms with Crippen molar-refractivity contribution in [3.05, 3.63) is 47.5 Å². The molecule has 0 amide bonds. The summed E-state index contributed by atoms with van der Waals surface area (Å²) in [6.45, 7) is 3.73. The standard InChI is InChI=1S/C14H15N3O3S/c1-9-10(2)12(8-7-11(9)15)16-17-13-5-3-4-6-14(13)21(18,19)20/h3-8H,15H2,1-2H3,(H,18,19,20). The minimum atomic E-state index is -4.34. The van der Waals surface area contributed by atoms with Gasteiger partial charge in [-0.25, -0.2) is 0 Å². The summed E-state index contributed by atoms with van der Waals surface area (Å²) >= 11 is 0. The fourth-order valence-electron chi connectivity index (χ4n) is 1.80. The van der Waals surface area contributed by atoms with E-state index >= 15 is 0 Å². The van der Waals surface area contributed by atoms with Gasteiger partial charge in [0.05, 0.1) is 5.69 Å². The van der Waals surface area contributed by atoms with Crippen LogP contribution in [0.5, 0.6) is 0 Å². The molecule has 2 aromatic carbocycles. The van der Waals surface area contributed by atoms with Gasteiger partial charge in [-0.3, -0.25) is 4.55 Å². The van der Waals surface area contributed by atoms with Crippen LogP contribution in [0.4, 0.5) is 17.1 Å². The summed E-state index contributed by atoms with van der Waals surface area (Å²) in [6, 6.07) is 9.27. The summed E-state index contributed by atoms with van der Waals surface area (Å²) in [7, 11) is -4.34. The summed E-state index contributed by atoms with van der Waals surface area (Å²) in [4.78, 5) is -0.279. The van der Waals surface area contributed by atoms with Gasteiger partial charge in [0.15, 0.2) is 0 Å². The van der Waals surface area contributed by atoms with E-state index in [1.54, 1.807) is 18.2 Å². The predicted octanol–water partition coefficient (Wildman–Crippen LogP) is 3.55. The predicted molar refractivity (Wildman–Crippen MR) is 80.8 cm³/mol. The lowest BCUT2D eigenvalue weighted by atomic mass is 10.1. The Morgan fingerprint density at radius 2 is 1.57 bits per heavy atom. The maximum absolute atomic E-state index is 11.3. The van der Waals surface area contributed by atoms with Gasteiger partial charge in [-0.2, -0.15) is 13.5 Å². The first-order chi connectivity index (χ1) is 9.80. The molecule has 0 aromatic heterocycles. The molecule has 0 aliphatic rings. The summed E-state index contributed by atoms with van der Waals surface area (Å²) < 4.78 is 31.7. The smallest absolute Gasteiger partial charge is 0.296 e. The lowest BCUT2D eigenvalue weighted by molar-refractivity contribution is 0.483. The number of nitrogens with zero attached hydrogens (tertiary/aromatic N) is 2. The molecule has 0 aliphatic heterocycles. The first-order valence-corrected chi connectivity index (χ1v) is 7.58. The third-order valence-electron chi connectivity index (χ3n) is 3.21. The van der Waals surface area contributed by atoms with E-state index in [0.29, 0.717) is 11.4 Å². The first kappa shape index (κ1) is 15.1. The highest BCUT2D eigenvalue weighted by Gasteiger charge is 2.14. The fourth-order valence-corrected chi connectivity index (χ4v) is 2.42. The first-order valence-electron chi connectivity index (χ1n) is 6.14. The van der Waals surface area contributed by atoms with Gasteiger partial charge in [0.1, 0.15) is 10.6 Å². The summed E-state index contributed by atoms with van der Waals surface area (Å²) in [5.41, 5.74) is 8.88. The van der Waals surface area contributed by atoms with Crippen molar-refractivity contribution in [3.63, 3.8) is 0 Å². The van der Waals surface area contributed by atoms with E-state index < -0.39 is 10.1 Å². The third kappa shape index (κ3) is 3.26. The van der Waals surface area contributed by atoms with Crippen molar-refractivity contribution in [2.45, 2.75) is 18.7 Å². The van der Waals surface area contributed by atoms with E-state index in [-0.39, 0.29) is 10.6 Å². The molecular formula is C14H15N3O3S. The lowest BCUT2D eigenvalue weighted by Gasteiger charge is -2.06. The molecule has 0 aliphatic carbocycles. The monoisotopic (exact) mass is 305 g/mol. The largest absolute Gasteiger partial charge is 0.399 e. The van der Waals surface area contributed by atoms with Crippen LogP contribution in [-0.4, -0.2) is 13.0 Å². The van der Waals surface area contributed by atoms with Crippen LogP contribution >= 0.6 is 0 Å². The van der Waals surface area contributed by atoms with Crippen LogP contribution in [0.25, 0.3) is 0 Å². The van der Waals surface area contributed by atoms with Crippen molar-refractivity contribution in [3.8, 4) is 0 Å². The average Bonchev–Trinajstić information content (AvgIpc) is 2.43. The zero-order chi connectivity index (χ0) is 15.6. The number of rotatable bonds is 3. The topological polar surface area (TPSA) is 105 Å². The van der Waals surface area contributed by atoms with Crippen LogP contribution in [0.15, 0.2) is 51.5 Å². The van der Waals surface area contributed by atoms with Crippen molar-refractivity contribution in [1.29, 1.82) is 0 Å². The number of hydrogen-bond donors (Lipinski definition) is 2. The van der Waals surface area contributed by atoms with Crippen LogP contribution in [-0.2, 0) is 10.1 Å². The van der Waals surface area contributed by atoms with E-state index in [4.69, 9.17) is 10.3 Å². The Kier molecular flexibility index (Phi) is 4.06. The van der Waals surface area contributed by atoms with Crippen molar-refractivity contribution in [2.75, 3.05) is 5.73 Å². The summed E-state index contributed by atoms with van der Waals surface area (Å²) in [5.74, 6) is 0. The van der Waals surface area contributed by atoms with Crippen LogP contribution < -0.4 is 5.73 Å². The second-order valence-corrected chi connectivity index (χ2v) is 5.96. The molecule has 0 fully saturated rings. The van der Waals surface area contributed by atoms with Crippen LogP contribution in [0, 0.1) is 13.8 Å². The molecule has 21 heavy (non-hydrogen) atoms. The molecule has 6 nitrogen and oxygen atoms in total. The van der Waals surface area contributed by atoms with Gasteiger partial charge in [0.2, 0.25) is 0 Å². The quantitative estimate of drug-likeness (QED) is 0.514. The molecule has 0 heterocycles. The van der Waals surface area contributed by atoms with E-state index in [0.717, 1.165) is 11.1 Å². The number of azo groups is 1. The molecule has 2 aromatic rings. The highest BCUT2D eigenvalue weighted by molar-refractivity contribution is 7.86. The summed E-state index contributed by atoms with van der Waals surface area (Å²) in [6.07, 6.45) is 0. The normalized spacial score (nSPS) is 12.0. The van der Waals surface area contributed by atoms with Gasteiger partial charge in [0, 0.05) is 5.69 Å². The molecule has 7 heteroatoms. The Bertz CT molecular complexity index is 814. The molecule has 3 N–H and O–H groups in total. The second-order valence-electron chi connectivity index (χ2n) is 4.57. The van der Waals surface area contributed by atoms with Gasteiger partial charge < -0.3 is 5.73 Å². The van der Waals surface area contributed by atoms with E-state index in [1.807, 2.05) is 13.8 Å². The Labute approximate surface area is 123 Å². The number of hydrogen-bond acceptors (Lipinski definition) is 5. The SMILES string of the molecule is Cc1c(N)ccc(N=Nc2ccccc2S(=O)(=O)O)c1C. The fraction of sp³-hybridized carbons (Fsp3) is 0.143. The zero-order valence-electron chi connectivity index (χ0n) is 11.6. The molecule has 0 spiro atoms. The van der Waals surface area contributed by atoms with Crippen LogP contribution in [0.2, 0.25) is 0 Å². The molecule has 0 saturated heterocycles. The van der Waals surface area contributed by atoms with Crippen molar-refractivity contribution < 1.29 is 13.0 Å². The minimum absolute atomic E-state index is 0.0777. The molecule has 0 bridgehead atoms. The minimum Gasteiger partial charge on any atom is -0.399 e. The van der Waals surface area contributed by atoms with Gasteiger partial charge in [0.25, 0.3) is 10.1 Å². The third-order valence-corrected chi connectivity index (χ3v) is 4.11. The van der Waals surface area contributed by atoms with E-state index in [2.05, 4.69) is 10.2 Å². The molecule has 2 rings (SSSR count). The van der Waals surface area contributed by atoms with Gasteiger partial charge in [-0.1, -0.05) is 12.1 Å². The van der Waals surface area contributed by atoms with Crippen molar-refractivity contribution >= 4 is 27.2 Å². The Balaban J connectivity index is 2.47. The molecule has 0 radical (unpaired) electrons. The summed E-state index contributed by atoms with van der Waals surface area (Å²) in [5, 5.41) is 7.97. The van der Waals surface area contributed by atoms with Gasteiger partial charge >= 0.3 is 0 Å². The molecule has 110 valence electrons. The number of nitrogen functional groups attached to an aromatic ring is 1. The molecule has 0 saturated carbocycles. The Morgan fingerprint density at radius 3 is 2.24 bits per heavy atom. The maximum atomic E-state index is 11.3. The number of benzene rings is 2. The number of nitrogens with two attached hydrogens (primary N) is 1. The Hall–Kier alpha value is -2.25. The average molecular weight is 305 g/mol. The van der Waals surface area contributed by atoms with Crippen LogP contribution in [0.1, 0.15) is 11.1 Å². The highest BCUT2D eigenvalue weighted by Crippen LogP contribution is 2.29. The molecule has 0 unspecified atom stereocenters. The zero-order valence-corrected chi connectivity index (χ0v) is 12.4. The molecule has 0 atom stereocenters. The highest BCUT2D eigenvalue weighted by atomic mass is 32.2. The van der Waals surface area contributed by atoms with E-state index in [9.17, 15) is 8.42 Å². The van der Waals surface area contributed by atoms with Gasteiger partial charge in [-0.05, 0) is 49.2 Å². The lowest BCUT2D eigenvalue weighted by Crippen LogP contribution is -1.97. The second kappa shape index (κ2) is 5.63. The molecular weight excluding hydrogens is 290 g/mol.